The van der Waals surface area contributed by atoms with E-state index in [0.29, 0.717) is 10.8 Å². The fraction of sp³-hybridized carbons (Fsp3) is 0.750. The van der Waals surface area contributed by atoms with Gasteiger partial charge in [-0.3, -0.25) is 0 Å². The average Bonchev–Trinajstić information content (AvgIpc) is 3.32. The zero-order chi connectivity index (χ0) is 19.2. The van der Waals surface area contributed by atoms with Crippen molar-refractivity contribution in [1.29, 1.82) is 0 Å². The predicted molar refractivity (Wildman–Crippen MR) is 111 cm³/mol. The van der Waals surface area contributed by atoms with Crippen molar-refractivity contribution in [3.63, 3.8) is 0 Å². The largest absolute Gasteiger partial charge is 0.508 e. The number of benzene rings is 1. The van der Waals surface area contributed by atoms with E-state index in [1.54, 1.807) is 6.07 Å². The summed E-state index contributed by atoms with van der Waals surface area (Å²) < 4.78 is 0. The summed E-state index contributed by atoms with van der Waals surface area (Å²) in [6.07, 6.45) is 14.3. The van der Waals surface area contributed by atoms with Crippen molar-refractivity contribution < 1.29 is 10.2 Å². The highest BCUT2D eigenvalue weighted by atomic mass is 16.3. The van der Waals surface area contributed by atoms with Gasteiger partial charge in [-0.1, -0.05) is 53.4 Å². The first-order chi connectivity index (χ1) is 12.2. The molecule has 0 aliphatic heterocycles. The molecule has 0 atom stereocenters. The van der Waals surface area contributed by atoms with E-state index in [0.717, 1.165) is 36.8 Å². The van der Waals surface area contributed by atoms with E-state index in [1.807, 2.05) is 6.07 Å². The highest BCUT2D eigenvalue weighted by Gasteiger charge is 2.35. The van der Waals surface area contributed by atoms with Gasteiger partial charge in [0.15, 0.2) is 0 Å². The number of phenolic OH excluding ortho intramolecular Hbond substituents is 2. The Morgan fingerprint density at radius 1 is 0.885 bits per heavy atom. The van der Waals surface area contributed by atoms with Crippen molar-refractivity contribution in [2.75, 3.05) is 0 Å². The van der Waals surface area contributed by atoms with Crippen LogP contribution in [0.1, 0.15) is 103 Å². The number of aromatic hydroxyl groups is 2. The highest BCUT2D eigenvalue weighted by Crippen LogP contribution is 2.49. The molecule has 0 spiro atoms. The summed E-state index contributed by atoms with van der Waals surface area (Å²) in [6.45, 7) is 9.33. The number of phenols is 2. The van der Waals surface area contributed by atoms with Crippen LogP contribution in [0, 0.1) is 10.8 Å². The molecule has 2 nitrogen and oxygen atoms in total. The Labute approximate surface area is 161 Å². The smallest absolute Gasteiger partial charge is 0.122 e. The van der Waals surface area contributed by atoms with Crippen LogP contribution in [-0.4, -0.2) is 10.2 Å². The van der Waals surface area contributed by atoms with Crippen molar-refractivity contribution in [1.82, 2.24) is 0 Å². The molecule has 2 rings (SSSR count). The van der Waals surface area contributed by atoms with Gasteiger partial charge in [-0.2, -0.15) is 0 Å². The van der Waals surface area contributed by atoms with Crippen LogP contribution in [0.4, 0.5) is 0 Å². The summed E-state index contributed by atoms with van der Waals surface area (Å²) >= 11 is 0. The van der Waals surface area contributed by atoms with Gasteiger partial charge in [0, 0.05) is 6.07 Å². The Bertz CT molecular complexity index is 570. The molecule has 1 aliphatic rings. The zero-order valence-electron chi connectivity index (χ0n) is 17.5. The van der Waals surface area contributed by atoms with Gasteiger partial charge in [0.2, 0.25) is 0 Å². The SMILES string of the molecule is CCC(C)(C)CCCCCc1cc(CCCCC2(C)CC2)c(O)cc1O. The van der Waals surface area contributed by atoms with Crippen LogP contribution in [0.2, 0.25) is 0 Å². The molecule has 0 radical (unpaired) electrons. The summed E-state index contributed by atoms with van der Waals surface area (Å²) in [5, 5.41) is 20.3. The molecule has 1 aromatic carbocycles. The van der Waals surface area contributed by atoms with E-state index < -0.39 is 0 Å². The molecule has 0 aromatic heterocycles. The van der Waals surface area contributed by atoms with Crippen LogP contribution in [-0.2, 0) is 12.8 Å². The Morgan fingerprint density at radius 2 is 1.46 bits per heavy atom. The molecule has 148 valence electrons. The van der Waals surface area contributed by atoms with E-state index in [9.17, 15) is 10.2 Å². The summed E-state index contributed by atoms with van der Waals surface area (Å²) in [5.74, 6) is 0.513. The molecule has 2 heteroatoms. The van der Waals surface area contributed by atoms with E-state index in [1.165, 1.54) is 51.4 Å². The molecule has 0 saturated heterocycles. The fourth-order valence-corrected chi connectivity index (χ4v) is 3.68. The maximum absolute atomic E-state index is 10.2. The number of hydrogen-bond donors (Lipinski definition) is 2. The van der Waals surface area contributed by atoms with Crippen molar-refractivity contribution in [2.45, 2.75) is 105 Å². The number of rotatable bonds is 12. The normalized spacial score (nSPS) is 16.0. The van der Waals surface area contributed by atoms with Crippen molar-refractivity contribution >= 4 is 0 Å². The lowest BCUT2D eigenvalue weighted by Crippen LogP contribution is -2.08. The van der Waals surface area contributed by atoms with Gasteiger partial charge < -0.3 is 10.2 Å². The van der Waals surface area contributed by atoms with Crippen LogP contribution in [0.15, 0.2) is 12.1 Å². The molecule has 0 bridgehead atoms. The second-order valence-electron chi connectivity index (χ2n) is 9.71. The molecule has 26 heavy (non-hydrogen) atoms. The quantitative estimate of drug-likeness (QED) is 0.388. The van der Waals surface area contributed by atoms with Crippen LogP contribution in [0.3, 0.4) is 0 Å². The van der Waals surface area contributed by atoms with Gasteiger partial charge >= 0.3 is 0 Å². The van der Waals surface area contributed by atoms with Crippen LogP contribution in [0.25, 0.3) is 0 Å². The average molecular weight is 361 g/mol. The van der Waals surface area contributed by atoms with Crippen LogP contribution < -0.4 is 0 Å². The maximum Gasteiger partial charge on any atom is 0.122 e. The molecular formula is C24H40O2. The summed E-state index contributed by atoms with van der Waals surface area (Å²) in [4.78, 5) is 0. The van der Waals surface area contributed by atoms with E-state index >= 15 is 0 Å². The van der Waals surface area contributed by atoms with Crippen molar-refractivity contribution in [3.8, 4) is 11.5 Å². The van der Waals surface area contributed by atoms with Gasteiger partial charge in [0.05, 0.1) is 0 Å². The Morgan fingerprint density at radius 3 is 2.00 bits per heavy atom. The first kappa shape index (κ1) is 21.1. The number of hydrogen-bond acceptors (Lipinski definition) is 2. The molecule has 1 saturated carbocycles. The van der Waals surface area contributed by atoms with E-state index in [4.69, 9.17) is 0 Å². The highest BCUT2D eigenvalue weighted by molar-refractivity contribution is 5.45. The molecular weight excluding hydrogens is 320 g/mol. The molecule has 1 fully saturated rings. The third-order valence-electron chi connectivity index (χ3n) is 6.62. The Hall–Kier alpha value is -1.18. The third-order valence-corrected chi connectivity index (χ3v) is 6.62. The summed E-state index contributed by atoms with van der Waals surface area (Å²) in [6, 6.07) is 3.59. The number of unbranched alkanes of at least 4 members (excludes halogenated alkanes) is 3. The fourth-order valence-electron chi connectivity index (χ4n) is 3.68. The van der Waals surface area contributed by atoms with E-state index in [2.05, 4.69) is 27.7 Å². The topological polar surface area (TPSA) is 40.5 Å². The maximum atomic E-state index is 10.2. The lowest BCUT2D eigenvalue weighted by molar-refractivity contribution is 0.308. The lowest BCUT2D eigenvalue weighted by atomic mass is 9.84. The molecule has 0 amide bonds. The molecule has 1 aliphatic carbocycles. The predicted octanol–water partition coefficient (Wildman–Crippen LogP) is 7.15. The molecule has 0 heterocycles. The zero-order valence-corrected chi connectivity index (χ0v) is 17.5. The summed E-state index contributed by atoms with van der Waals surface area (Å²) in [5.41, 5.74) is 3.08. The van der Waals surface area contributed by atoms with Crippen LogP contribution in [0.5, 0.6) is 11.5 Å². The minimum atomic E-state index is 0.255. The molecule has 2 N–H and O–H groups in total. The second-order valence-corrected chi connectivity index (χ2v) is 9.71. The molecule has 0 unspecified atom stereocenters. The van der Waals surface area contributed by atoms with Gasteiger partial charge in [-0.25, -0.2) is 0 Å². The Balaban J connectivity index is 1.76. The van der Waals surface area contributed by atoms with Gasteiger partial charge in [-0.05, 0) is 79.4 Å². The van der Waals surface area contributed by atoms with Gasteiger partial charge in [0.25, 0.3) is 0 Å². The summed E-state index contributed by atoms with van der Waals surface area (Å²) in [7, 11) is 0. The monoisotopic (exact) mass is 360 g/mol. The van der Waals surface area contributed by atoms with E-state index in [-0.39, 0.29) is 11.5 Å². The van der Waals surface area contributed by atoms with Crippen molar-refractivity contribution in [3.05, 3.63) is 23.3 Å². The third kappa shape index (κ3) is 6.85. The minimum Gasteiger partial charge on any atom is -0.508 e. The first-order valence-electron chi connectivity index (χ1n) is 10.8. The standard InChI is InChI=1S/C24H40O2/c1-5-23(2,3)13-9-6-7-11-19-17-20(22(26)18-21(19)25)12-8-10-14-24(4)15-16-24/h17-18,25-26H,5-16H2,1-4H3. The second kappa shape index (κ2) is 9.15. The Kier molecular flexibility index (Phi) is 7.43. The minimum absolute atomic E-state index is 0.255. The first-order valence-corrected chi connectivity index (χ1v) is 10.8. The molecule has 1 aromatic rings. The van der Waals surface area contributed by atoms with Crippen molar-refractivity contribution in [2.24, 2.45) is 10.8 Å². The number of aryl methyl sites for hydroxylation is 2. The van der Waals surface area contributed by atoms with Gasteiger partial charge in [0.1, 0.15) is 11.5 Å². The van der Waals surface area contributed by atoms with Crippen LogP contribution >= 0.6 is 0 Å². The van der Waals surface area contributed by atoms with Gasteiger partial charge in [-0.15, -0.1) is 0 Å². The lowest BCUT2D eigenvalue weighted by Gasteiger charge is -2.22.